The average molecular weight is 871 g/mol. The van der Waals surface area contributed by atoms with E-state index in [9.17, 15) is 24.0 Å². The van der Waals surface area contributed by atoms with E-state index in [1.807, 2.05) is 42.1 Å². The molecule has 3 aromatic heterocycles. The van der Waals surface area contributed by atoms with Gasteiger partial charge in [-0.3, -0.25) is 38.9 Å². The maximum Gasteiger partial charge on any atom is 0.292 e. The molecular weight excluding hydrogens is 824 g/mol. The first-order valence-electron chi connectivity index (χ1n) is 21.9. The largest absolute Gasteiger partial charge is 0.371 e. The lowest BCUT2D eigenvalue weighted by Gasteiger charge is -2.38. The molecule has 2 aromatic carbocycles. The smallest absolute Gasteiger partial charge is 0.292 e. The zero-order chi connectivity index (χ0) is 44.1. The predicted molar refractivity (Wildman–Crippen MR) is 228 cm³/mol. The summed E-state index contributed by atoms with van der Waals surface area (Å²) in [5.74, 6) is -0.894. The summed E-state index contributed by atoms with van der Waals surface area (Å²) in [6.07, 6.45) is 9.20. The molecule has 18 nitrogen and oxygen atoms in total. The number of carbonyl (C=O) groups excluding carboxylic acids is 5. The van der Waals surface area contributed by atoms with Crippen LogP contribution in [0.1, 0.15) is 112 Å². The van der Waals surface area contributed by atoms with Crippen molar-refractivity contribution in [1.29, 1.82) is 0 Å². The van der Waals surface area contributed by atoms with Gasteiger partial charge in [-0.1, -0.05) is 17.3 Å². The van der Waals surface area contributed by atoms with Crippen molar-refractivity contribution in [2.75, 3.05) is 42.9 Å². The number of carbonyl (C=O) groups is 5. The number of fused-ring (bicyclic) bond motifs is 1. The van der Waals surface area contributed by atoms with Gasteiger partial charge in [0.15, 0.2) is 11.6 Å². The van der Waals surface area contributed by atoms with E-state index in [2.05, 4.69) is 45.9 Å². The molecule has 4 aliphatic heterocycles. The Kier molecular flexibility index (Phi) is 10.9. The fraction of sp³-hybridized carbons (Fsp3) is 0.422. The van der Waals surface area contributed by atoms with Gasteiger partial charge >= 0.3 is 0 Å². The second kappa shape index (κ2) is 17.0. The number of benzene rings is 2. The molecule has 0 spiro atoms. The van der Waals surface area contributed by atoms with Crippen molar-refractivity contribution in [3.63, 3.8) is 0 Å². The van der Waals surface area contributed by atoms with Crippen LogP contribution in [-0.4, -0.2) is 108 Å². The molecule has 0 bridgehead atoms. The summed E-state index contributed by atoms with van der Waals surface area (Å²) < 4.78 is 22.3. The molecular formula is C45H47FN12O6. The SMILES string of the molecule is Cc1cc(-c2nc(Nc3ccn(C4CCN(CC5CCN(c6ccc7c(c6)C(=O)N(C6CCC(=O)NC6=O)C7=O)CC5)CC4)n3)ncc2F)ccc1CNC(=O)c1noc(C2CC2)n1. The number of hydrogen-bond acceptors (Lipinski definition) is 14. The lowest BCUT2D eigenvalue weighted by Crippen LogP contribution is -2.54. The van der Waals surface area contributed by atoms with E-state index in [1.165, 1.54) is 0 Å². The molecule has 5 amide bonds. The number of aryl methyl sites for hydroxylation is 1. The van der Waals surface area contributed by atoms with Gasteiger partial charge in [-0.25, -0.2) is 14.4 Å². The van der Waals surface area contributed by atoms with Crippen molar-refractivity contribution >= 4 is 47.0 Å². The average Bonchev–Trinajstić information content (AvgIpc) is 3.73. The first-order valence-corrected chi connectivity index (χ1v) is 21.9. The van der Waals surface area contributed by atoms with Crippen LogP contribution in [0.4, 0.5) is 21.8 Å². The Morgan fingerprint density at radius 1 is 0.906 bits per heavy atom. The highest BCUT2D eigenvalue weighted by atomic mass is 19.1. The zero-order valence-corrected chi connectivity index (χ0v) is 35.3. The van der Waals surface area contributed by atoms with Crippen molar-refractivity contribution in [3.05, 3.63) is 94.6 Å². The molecule has 3 saturated heterocycles. The van der Waals surface area contributed by atoms with Crippen molar-refractivity contribution in [2.24, 2.45) is 5.92 Å². The Morgan fingerprint density at radius 3 is 2.47 bits per heavy atom. The van der Waals surface area contributed by atoms with E-state index < -0.39 is 41.4 Å². The van der Waals surface area contributed by atoms with Gasteiger partial charge in [0.1, 0.15) is 11.7 Å². The number of likely N-dealkylation sites (tertiary alicyclic amines) is 1. The van der Waals surface area contributed by atoms with E-state index in [0.717, 1.165) is 99.2 Å². The molecule has 1 saturated carbocycles. The molecule has 1 unspecified atom stereocenters. The fourth-order valence-electron chi connectivity index (χ4n) is 9.23. The number of rotatable bonds is 12. The molecule has 19 heteroatoms. The molecule has 3 N–H and O–H groups in total. The van der Waals surface area contributed by atoms with Gasteiger partial charge in [0.2, 0.25) is 23.7 Å². The van der Waals surface area contributed by atoms with E-state index in [-0.39, 0.29) is 54.4 Å². The summed E-state index contributed by atoms with van der Waals surface area (Å²) in [6, 6.07) is 11.9. The third-order valence-electron chi connectivity index (χ3n) is 13.1. The number of hydrogen-bond donors (Lipinski definition) is 3. The van der Waals surface area contributed by atoms with Crippen molar-refractivity contribution < 1.29 is 32.9 Å². The summed E-state index contributed by atoms with van der Waals surface area (Å²) in [5, 5.41) is 16.8. The summed E-state index contributed by atoms with van der Waals surface area (Å²) in [7, 11) is 0. The minimum Gasteiger partial charge on any atom is -0.371 e. The lowest BCUT2D eigenvalue weighted by atomic mass is 9.94. The Balaban J connectivity index is 0.686. The maximum absolute atomic E-state index is 15.1. The van der Waals surface area contributed by atoms with Gasteiger partial charge in [0.25, 0.3) is 23.5 Å². The lowest BCUT2D eigenvalue weighted by molar-refractivity contribution is -0.136. The Hall–Kier alpha value is -6.89. The monoisotopic (exact) mass is 870 g/mol. The van der Waals surface area contributed by atoms with Crippen LogP contribution in [0.5, 0.6) is 0 Å². The number of amides is 5. The first kappa shape index (κ1) is 41.1. The Labute approximate surface area is 367 Å². The van der Waals surface area contributed by atoms with Gasteiger partial charge in [-0.15, -0.1) is 0 Å². The standard InChI is InChI=1S/C45H47FN12O6/c1-25-20-28(4-5-29(25)22-47-41(61)39-52-42(64-54-39)27-2-3-27)38-34(46)23-48-45(51-38)49-36-14-19-57(53-36)30-12-15-55(16-13-30)24-26-10-17-56(18-11-26)31-6-7-32-33(21-31)44(63)58(43(32)62)35-8-9-37(59)50-40(35)60/h4-7,14,19-21,23,26-27,30,35H,2-3,8-13,15-18,22,24H2,1H3,(H,47,61)(H,50,59,60)(H,48,49,51,53). The highest BCUT2D eigenvalue weighted by molar-refractivity contribution is 6.23. The van der Waals surface area contributed by atoms with Gasteiger partial charge < -0.3 is 25.0 Å². The predicted octanol–water partition coefficient (Wildman–Crippen LogP) is 4.68. The third-order valence-corrected chi connectivity index (χ3v) is 13.1. The molecule has 1 aliphatic carbocycles. The second-order valence-electron chi connectivity index (χ2n) is 17.4. The van der Waals surface area contributed by atoms with Crippen LogP contribution in [0.25, 0.3) is 11.3 Å². The summed E-state index contributed by atoms with van der Waals surface area (Å²) in [6.45, 7) is 6.71. The van der Waals surface area contributed by atoms with Gasteiger partial charge in [0, 0.05) is 75.1 Å². The van der Waals surface area contributed by atoms with Gasteiger partial charge in [-0.05, 0) is 93.2 Å². The summed E-state index contributed by atoms with van der Waals surface area (Å²) in [4.78, 5) is 81.9. The molecule has 5 aromatic rings. The summed E-state index contributed by atoms with van der Waals surface area (Å²) in [5.41, 5.74) is 3.89. The quantitative estimate of drug-likeness (QED) is 0.145. The molecule has 7 heterocycles. The van der Waals surface area contributed by atoms with Crippen molar-refractivity contribution in [2.45, 2.75) is 82.8 Å². The maximum atomic E-state index is 15.1. The van der Waals surface area contributed by atoms with Crippen LogP contribution in [-0.2, 0) is 16.1 Å². The first-order chi connectivity index (χ1) is 31.0. The second-order valence-corrected chi connectivity index (χ2v) is 17.4. The number of nitrogens with zero attached hydrogens (tertiary/aromatic N) is 9. The molecule has 10 rings (SSSR count). The highest BCUT2D eigenvalue weighted by Gasteiger charge is 2.45. The minimum atomic E-state index is -0.982. The topological polar surface area (TPSA) is 214 Å². The normalized spacial score (nSPS) is 19.9. The van der Waals surface area contributed by atoms with Gasteiger partial charge in [0.05, 0.1) is 23.4 Å². The van der Waals surface area contributed by atoms with Crippen LogP contribution >= 0.6 is 0 Å². The molecule has 64 heavy (non-hydrogen) atoms. The van der Waals surface area contributed by atoms with E-state index in [4.69, 9.17) is 9.62 Å². The van der Waals surface area contributed by atoms with Crippen molar-refractivity contribution in [3.8, 4) is 11.3 Å². The minimum absolute atomic E-state index is 0.0115. The third kappa shape index (κ3) is 8.34. The number of aromatic nitrogens is 6. The molecule has 0 radical (unpaired) electrons. The number of piperidine rings is 3. The van der Waals surface area contributed by atoms with Crippen LogP contribution in [0.3, 0.4) is 0 Å². The number of nitrogens with one attached hydrogen (secondary N) is 3. The molecule has 1 atom stereocenters. The summed E-state index contributed by atoms with van der Waals surface area (Å²) >= 11 is 0. The zero-order valence-electron chi connectivity index (χ0n) is 35.3. The van der Waals surface area contributed by atoms with Crippen molar-refractivity contribution in [1.82, 2.24) is 50.3 Å². The Bertz CT molecular complexity index is 2660. The van der Waals surface area contributed by atoms with E-state index >= 15 is 4.39 Å². The molecule has 330 valence electrons. The van der Waals surface area contributed by atoms with Gasteiger partial charge in [-0.2, -0.15) is 10.1 Å². The van der Waals surface area contributed by atoms with Crippen LogP contribution in [0.15, 0.2) is 59.4 Å². The van der Waals surface area contributed by atoms with Crippen LogP contribution < -0.4 is 20.9 Å². The van der Waals surface area contributed by atoms with Crippen LogP contribution in [0, 0.1) is 18.7 Å². The van der Waals surface area contributed by atoms with E-state index in [1.54, 1.807) is 18.2 Å². The number of imide groups is 2. The Morgan fingerprint density at radius 2 is 1.70 bits per heavy atom. The van der Waals surface area contributed by atoms with Crippen LogP contribution in [0.2, 0.25) is 0 Å². The fourth-order valence-corrected chi connectivity index (χ4v) is 9.23. The number of halogens is 1. The molecule has 5 aliphatic rings. The van der Waals surface area contributed by atoms with E-state index in [0.29, 0.717) is 28.8 Å². The molecule has 4 fully saturated rings. The highest BCUT2D eigenvalue weighted by Crippen LogP contribution is 2.39. The number of anilines is 3.